The van der Waals surface area contributed by atoms with Gasteiger partial charge < -0.3 is 0 Å². The molecular weight excluding hydrogens is 543 g/mol. The van der Waals surface area contributed by atoms with Gasteiger partial charge >= 0.3 is 9.33 Å². The predicted octanol–water partition coefficient (Wildman–Crippen LogP) is 2.44. The van der Waals surface area contributed by atoms with Gasteiger partial charge in [0.05, 0.1) is 26.7 Å². The Labute approximate surface area is 209 Å². The monoisotopic (exact) mass is 562 g/mol. The minimum Gasteiger partial charge on any atom is -0.299 e. The second-order valence-corrected chi connectivity index (χ2v) is 11.7. The van der Waals surface area contributed by atoms with Gasteiger partial charge in [-0.3, -0.25) is 23.3 Å². The van der Waals surface area contributed by atoms with Gasteiger partial charge in [0.15, 0.2) is 0 Å². The second kappa shape index (κ2) is 10.8. The number of halogens is 2. The number of aromatic nitrogens is 4. The molecule has 0 saturated carbocycles. The van der Waals surface area contributed by atoms with Gasteiger partial charge in [-0.2, -0.15) is 8.42 Å². The first kappa shape index (κ1) is 28.4. The standard InChI is InChI=1S/C10H9ClN2O3S.C10H10N2O.ClHO3S/c1-6-12-9-4-3-7(17(11,15)16)5-8(9)10(14)13(6)2;1-7-11-9-6-4-3-5-8(9)10(13)12(7)2;1-5(2,3)4/h3-5H,1-2H3;3-6H,1-2H3;(H,2,3,4). The molecule has 35 heavy (non-hydrogen) atoms. The Kier molecular flexibility index (Phi) is 8.79. The van der Waals surface area contributed by atoms with E-state index < -0.39 is 18.4 Å². The first-order valence-corrected chi connectivity index (χ1v) is 14.1. The average Bonchev–Trinajstić information content (AvgIpc) is 2.74. The van der Waals surface area contributed by atoms with Crippen LogP contribution in [0, 0.1) is 13.8 Å². The third-order valence-corrected chi connectivity index (χ3v) is 6.11. The lowest BCUT2D eigenvalue weighted by Crippen LogP contribution is -2.20. The molecule has 0 spiro atoms. The first-order chi connectivity index (χ1) is 16.0. The third kappa shape index (κ3) is 7.57. The number of hydrogen-bond acceptors (Lipinski definition) is 8. The molecule has 1 N–H and O–H groups in total. The smallest absolute Gasteiger partial charge is 0.299 e. The first-order valence-electron chi connectivity index (χ1n) is 9.52. The number of hydrogen-bond donors (Lipinski definition) is 1. The fraction of sp³-hybridized carbons (Fsp3) is 0.200. The van der Waals surface area contributed by atoms with Crippen molar-refractivity contribution in [3.8, 4) is 0 Å². The van der Waals surface area contributed by atoms with E-state index in [0.717, 1.165) is 11.3 Å². The molecule has 11 nitrogen and oxygen atoms in total. The van der Waals surface area contributed by atoms with Crippen molar-refractivity contribution in [1.29, 1.82) is 0 Å². The molecule has 0 aliphatic carbocycles. The Bertz CT molecular complexity index is 1740. The molecule has 0 saturated heterocycles. The molecule has 188 valence electrons. The summed E-state index contributed by atoms with van der Waals surface area (Å²) in [6.07, 6.45) is 0. The lowest BCUT2D eigenvalue weighted by atomic mass is 10.2. The summed E-state index contributed by atoms with van der Waals surface area (Å²) in [5, 5.41) is 0.912. The van der Waals surface area contributed by atoms with Crippen LogP contribution in [-0.4, -0.2) is 40.5 Å². The van der Waals surface area contributed by atoms with Gasteiger partial charge in [-0.25, -0.2) is 18.4 Å². The number of para-hydroxylation sites is 1. The molecule has 0 bridgehead atoms. The van der Waals surface area contributed by atoms with Gasteiger partial charge in [0.25, 0.3) is 20.2 Å². The largest absolute Gasteiger partial charge is 0.353 e. The van der Waals surface area contributed by atoms with Crippen LogP contribution in [0.5, 0.6) is 0 Å². The van der Waals surface area contributed by atoms with E-state index in [-0.39, 0.29) is 21.4 Å². The summed E-state index contributed by atoms with van der Waals surface area (Å²) >= 11 is 0. The van der Waals surface area contributed by atoms with Gasteiger partial charge in [-0.15, -0.1) is 0 Å². The maximum atomic E-state index is 11.9. The molecule has 2 heterocycles. The summed E-state index contributed by atoms with van der Waals surface area (Å²) < 4.78 is 50.4. The average molecular weight is 563 g/mol. The van der Waals surface area contributed by atoms with Gasteiger partial charge in [-0.1, -0.05) is 12.1 Å². The van der Waals surface area contributed by atoms with Gasteiger partial charge in [0, 0.05) is 35.5 Å². The quantitative estimate of drug-likeness (QED) is 0.271. The van der Waals surface area contributed by atoms with Crippen LogP contribution >= 0.6 is 21.4 Å². The molecule has 0 fully saturated rings. The maximum absolute atomic E-state index is 11.9. The molecule has 0 unspecified atom stereocenters. The van der Waals surface area contributed by atoms with E-state index in [0.29, 0.717) is 16.7 Å². The Hall–Kier alpha value is -2.84. The molecule has 2 aromatic heterocycles. The summed E-state index contributed by atoms with van der Waals surface area (Å²) in [6.45, 7) is 3.53. The normalized spacial score (nSPS) is 11.4. The van der Waals surface area contributed by atoms with E-state index in [4.69, 9.17) is 23.7 Å². The number of rotatable bonds is 1. The highest BCUT2D eigenvalue weighted by Gasteiger charge is 2.13. The van der Waals surface area contributed by atoms with Gasteiger partial charge in [-0.05, 0) is 44.2 Å². The van der Waals surface area contributed by atoms with Crippen molar-refractivity contribution in [2.75, 3.05) is 0 Å². The minimum absolute atomic E-state index is 0.0168. The van der Waals surface area contributed by atoms with Crippen LogP contribution in [0.1, 0.15) is 11.6 Å². The van der Waals surface area contributed by atoms with Crippen molar-refractivity contribution in [1.82, 2.24) is 19.1 Å². The van der Waals surface area contributed by atoms with E-state index in [1.807, 2.05) is 25.1 Å². The SMILES string of the molecule is Cc1nc2ccc(S(=O)(=O)Cl)cc2c(=O)n1C.Cc1nc2ccccc2c(=O)n1C.O=S(=O)(O)Cl. The summed E-state index contributed by atoms with van der Waals surface area (Å²) in [7, 11) is 4.56. The Morgan fingerprint density at radius 3 is 1.69 bits per heavy atom. The third-order valence-electron chi connectivity index (χ3n) is 4.76. The van der Waals surface area contributed by atoms with Crippen LogP contribution in [0.15, 0.2) is 56.9 Å². The Balaban J connectivity index is 0.000000212. The van der Waals surface area contributed by atoms with E-state index in [9.17, 15) is 18.0 Å². The van der Waals surface area contributed by atoms with Crippen molar-refractivity contribution in [2.24, 2.45) is 14.1 Å². The van der Waals surface area contributed by atoms with Crippen LogP contribution in [-0.2, 0) is 32.5 Å². The molecular formula is C20H20Cl2N4O7S2. The second-order valence-electron chi connectivity index (χ2n) is 7.09. The Morgan fingerprint density at radius 2 is 1.20 bits per heavy atom. The van der Waals surface area contributed by atoms with Crippen LogP contribution < -0.4 is 11.1 Å². The lowest BCUT2D eigenvalue weighted by Gasteiger charge is -2.05. The van der Waals surface area contributed by atoms with E-state index >= 15 is 0 Å². The van der Waals surface area contributed by atoms with Crippen molar-refractivity contribution >= 4 is 61.6 Å². The topological polar surface area (TPSA) is 158 Å². The molecule has 0 aliphatic rings. The number of aryl methyl sites for hydroxylation is 2. The zero-order valence-corrected chi connectivity index (χ0v) is 21.9. The highest BCUT2D eigenvalue weighted by Crippen LogP contribution is 2.18. The van der Waals surface area contributed by atoms with Crippen molar-refractivity contribution < 1.29 is 21.4 Å². The highest BCUT2D eigenvalue weighted by atomic mass is 35.7. The lowest BCUT2D eigenvalue weighted by molar-refractivity contribution is 0.501. The zero-order chi connectivity index (χ0) is 26.7. The van der Waals surface area contributed by atoms with Gasteiger partial charge in [0.2, 0.25) is 0 Å². The van der Waals surface area contributed by atoms with Crippen molar-refractivity contribution in [2.45, 2.75) is 18.7 Å². The van der Waals surface area contributed by atoms with Gasteiger partial charge in [0.1, 0.15) is 11.6 Å². The zero-order valence-electron chi connectivity index (χ0n) is 18.8. The summed E-state index contributed by atoms with van der Waals surface area (Å²) in [6, 6.07) is 11.4. The number of benzene rings is 2. The number of nitrogens with zero attached hydrogens (tertiary/aromatic N) is 4. The summed E-state index contributed by atoms with van der Waals surface area (Å²) in [5.74, 6) is 1.30. The molecule has 0 aliphatic heterocycles. The van der Waals surface area contributed by atoms with Crippen LogP contribution in [0.3, 0.4) is 0 Å². The van der Waals surface area contributed by atoms with E-state index in [2.05, 4.69) is 20.7 Å². The molecule has 0 atom stereocenters. The molecule has 4 aromatic rings. The summed E-state index contributed by atoms with van der Waals surface area (Å²) in [4.78, 5) is 32.0. The molecule has 0 amide bonds. The van der Waals surface area contributed by atoms with E-state index in [1.165, 1.54) is 22.8 Å². The highest BCUT2D eigenvalue weighted by molar-refractivity contribution is 8.13. The molecule has 0 radical (unpaired) electrons. The fourth-order valence-electron chi connectivity index (χ4n) is 2.84. The predicted molar refractivity (Wildman–Crippen MR) is 134 cm³/mol. The minimum atomic E-state index is -4.19. The van der Waals surface area contributed by atoms with E-state index in [1.54, 1.807) is 31.7 Å². The fourth-order valence-corrected chi connectivity index (χ4v) is 3.62. The Morgan fingerprint density at radius 1 is 0.771 bits per heavy atom. The van der Waals surface area contributed by atoms with Crippen LogP contribution in [0.4, 0.5) is 0 Å². The van der Waals surface area contributed by atoms with Crippen molar-refractivity contribution in [3.63, 3.8) is 0 Å². The summed E-state index contributed by atoms with van der Waals surface area (Å²) in [5.41, 5.74) is 0.940. The van der Waals surface area contributed by atoms with Crippen LogP contribution in [0.25, 0.3) is 21.8 Å². The van der Waals surface area contributed by atoms with Crippen LogP contribution in [0.2, 0.25) is 0 Å². The van der Waals surface area contributed by atoms with Crippen molar-refractivity contribution in [3.05, 3.63) is 74.8 Å². The number of fused-ring (bicyclic) bond motifs is 2. The molecule has 2 aromatic carbocycles. The molecule has 4 rings (SSSR count). The molecule has 15 heteroatoms. The maximum Gasteiger partial charge on any atom is 0.353 e.